The maximum absolute atomic E-state index is 14.0. The molecule has 1 aliphatic carbocycles. The minimum atomic E-state index is -1.58. The number of allylic oxidation sites excluding steroid dienone is 1. The molecular weight excluding hydrogens is 460 g/mol. The molecule has 0 aromatic heterocycles. The zero-order valence-corrected chi connectivity index (χ0v) is 18.8. The van der Waals surface area contributed by atoms with Crippen molar-refractivity contribution in [3.05, 3.63) is 80.5 Å². The van der Waals surface area contributed by atoms with Gasteiger partial charge in [-0.1, -0.05) is 40.2 Å². The number of carbonyl (C=O) groups excluding carboxylic acids is 3. The van der Waals surface area contributed by atoms with Gasteiger partial charge in [0.2, 0.25) is 5.91 Å². The second kappa shape index (κ2) is 6.65. The number of anilines is 1. The van der Waals surface area contributed by atoms with E-state index in [0.29, 0.717) is 28.2 Å². The van der Waals surface area contributed by atoms with Crippen LogP contribution >= 0.6 is 15.9 Å². The summed E-state index contributed by atoms with van der Waals surface area (Å²) in [5.74, 6) is -1.22. The van der Waals surface area contributed by atoms with Gasteiger partial charge in [-0.05, 0) is 32.0 Å². The summed E-state index contributed by atoms with van der Waals surface area (Å²) < 4.78 is 6.12. The van der Waals surface area contributed by atoms with E-state index in [1.54, 1.807) is 33.0 Å². The predicted octanol–water partition coefficient (Wildman–Crippen LogP) is 3.71. The number of nitrogens with one attached hydrogen (secondary N) is 1. The van der Waals surface area contributed by atoms with Crippen molar-refractivity contribution in [2.45, 2.75) is 19.3 Å². The van der Waals surface area contributed by atoms with Gasteiger partial charge in [-0.2, -0.15) is 0 Å². The number of benzene rings is 2. The van der Waals surface area contributed by atoms with Gasteiger partial charge in [0.25, 0.3) is 0 Å². The lowest BCUT2D eigenvalue weighted by molar-refractivity contribution is -0.140. The lowest BCUT2D eigenvalue weighted by atomic mass is 9.66. The summed E-state index contributed by atoms with van der Waals surface area (Å²) in [6.07, 6.45) is 0. The number of hydrogen-bond donors (Lipinski definition) is 1. The number of hydrogen-bond acceptors (Lipinski definition) is 5. The highest BCUT2D eigenvalue weighted by Crippen LogP contribution is 2.57. The number of ketones is 1. The average molecular weight is 479 g/mol. The van der Waals surface area contributed by atoms with Crippen LogP contribution in [-0.2, 0) is 19.7 Å². The number of dihydropyridines is 1. The van der Waals surface area contributed by atoms with Crippen molar-refractivity contribution in [1.29, 1.82) is 0 Å². The maximum atomic E-state index is 14.0. The van der Waals surface area contributed by atoms with Gasteiger partial charge in [-0.15, -0.1) is 0 Å². The molecule has 7 heteroatoms. The van der Waals surface area contributed by atoms with Crippen LogP contribution in [0.15, 0.2) is 63.8 Å². The van der Waals surface area contributed by atoms with Crippen LogP contribution in [0.25, 0.3) is 5.70 Å². The van der Waals surface area contributed by atoms with Crippen LogP contribution in [-0.4, -0.2) is 31.3 Å². The molecule has 6 nitrogen and oxygen atoms in total. The second-order valence-electron chi connectivity index (χ2n) is 7.75. The summed E-state index contributed by atoms with van der Waals surface area (Å²) >= 11 is 3.49. The number of carbonyl (C=O) groups is 3. The van der Waals surface area contributed by atoms with Crippen molar-refractivity contribution in [3.63, 3.8) is 0 Å². The lowest BCUT2D eigenvalue weighted by Crippen LogP contribution is -2.49. The number of Topliss-reactive ketones (excluding diaryl/α,β-unsaturated/α-hetero) is 1. The predicted molar refractivity (Wildman–Crippen MR) is 119 cm³/mol. The quantitative estimate of drug-likeness (QED) is 0.665. The van der Waals surface area contributed by atoms with Crippen molar-refractivity contribution in [2.24, 2.45) is 0 Å². The van der Waals surface area contributed by atoms with Crippen LogP contribution in [0.2, 0.25) is 0 Å². The third-order valence-electron chi connectivity index (χ3n) is 6.18. The topological polar surface area (TPSA) is 75.7 Å². The van der Waals surface area contributed by atoms with Crippen LogP contribution in [0.1, 0.15) is 35.3 Å². The molecule has 156 valence electrons. The van der Waals surface area contributed by atoms with E-state index in [2.05, 4.69) is 21.2 Å². The monoisotopic (exact) mass is 478 g/mol. The number of fused-ring (bicyclic) bond motifs is 5. The Kier molecular flexibility index (Phi) is 4.24. The van der Waals surface area contributed by atoms with Gasteiger partial charge in [0.15, 0.2) is 5.78 Å². The molecule has 0 fully saturated rings. The maximum Gasteiger partial charge on any atom is 0.337 e. The standard InChI is InChI=1S/C24H19BrN2O4/c1-4-31-22(29)18-12(2)26-20-14-7-5-6-8-15(14)21(28)19(20)24(18)16-11-13(25)9-10-17(16)27(3)23(24)30/h5-11,26H,4H2,1-3H3. The highest BCUT2D eigenvalue weighted by Gasteiger charge is 2.63. The molecule has 0 saturated carbocycles. The fraction of sp³-hybridized carbons (Fsp3) is 0.208. The molecule has 0 radical (unpaired) electrons. The Morgan fingerprint density at radius 3 is 2.58 bits per heavy atom. The van der Waals surface area contributed by atoms with Crippen molar-refractivity contribution in [2.75, 3.05) is 18.6 Å². The first-order valence-corrected chi connectivity index (χ1v) is 10.8. The van der Waals surface area contributed by atoms with E-state index < -0.39 is 11.4 Å². The molecule has 2 aromatic carbocycles. The van der Waals surface area contributed by atoms with Gasteiger partial charge >= 0.3 is 5.97 Å². The molecule has 1 amide bonds. The van der Waals surface area contributed by atoms with Crippen LogP contribution in [0.3, 0.4) is 0 Å². The summed E-state index contributed by atoms with van der Waals surface area (Å²) in [5, 5.41) is 3.24. The van der Waals surface area contributed by atoms with Crippen LogP contribution in [0, 0.1) is 0 Å². The summed E-state index contributed by atoms with van der Waals surface area (Å²) in [5.41, 5.74) is 2.39. The van der Waals surface area contributed by atoms with Crippen LogP contribution < -0.4 is 10.2 Å². The molecular formula is C24H19BrN2O4. The molecule has 1 atom stereocenters. The van der Waals surface area contributed by atoms with Crippen molar-refractivity contribution < 1.29 is 19.1 Å². The first-order chi connectivity index (χ1) is 14.8. The highest BCUT2D eigenvalue weighted by molar-refractivity contribution is 9.10. The van der Waals surface area contributed by atoms with E-state index >= 15 is 0 Å². The fourth-order valence-corrected chi connectivity index (χ4v) is 5.36. The number of nitrogens with zero attached hydrogens (tertiary/aromatic N) is 1. The van der Waals surface area contributed by atoms with E-state index in [0.717, 1.165) is 10.0 Å². The zero-order chi connectivity index (χ0) is 22.1. The minimum Gasteiger partial charge on any atom is -0.463 e. The van der Waals surface area contributed by atoms with E-state index in [1.165, 1.54) is 4.90 Å². The molecule has 31 heavy (non-hydrogen) atoms. The number of ether oxygens (including phenoxy) is 1. The number of rotatable bonds is 2. The van der Waals surface area contributed by atoms with Crippen LogP contribution in [0.4, 0.5) is 5.69 Å². The summed E-state index contributed by atoms with van der Waals surface area (Å²) in [6, 6.07) is 12.7. The van der Waals surface area contributed by atoms with Crippen molar-refractivity contribution in [3.8, 4) is 0 Å². The first kappa shape index (κ1) is 19.8. The fourth-order valence-electron chi connectivity index (χ4n) is 5.00. The van der Waals surface area contributed by atoms with Crippen molar-refractivity contribution in [1.82, 2.24) is 5.32 Å². The normalized spacial score (nSPS) is 21.4. The minimum absolute atomic E-state index is 0.154. The Bertz CT molecular complexity index is 1280. The Morgan fingerprint density at radius 1 is 1.16 bits per heavy atom. The SMILES string of the molecule is CCOC(=O)C1=C(C)NC2=C(C(=O)c3ccccc32)C12C(=O)N(C)c1ccc(Br)cc12. The lowest BCUT2D eigenvalue weighted by Gasteiger charge is -2.36. The Hall–Kier alpha value is -3.19. The van der Waals surface area contributed by atoms with Gasteiger partial charge in [-0.3, -0.25) is 9.59 Å². The Morgan fingerprint density at radius 2 is 1.87 bits per heavy atom. The second-order valence-corrected chi connectivity index (χ2v) is 8.66. The summed E-state index contributed by atoms with van der Waals surface area (Å²) in [7, 11) is 1.66. The summed E-state index contributed by atoms with van der Waals surface area (Å²) in [6.45, 7) is 3.61. The number of likely N-dealkylation sites (N-methyl/N-ethyl adjacent to an activating group) is 1. The molecule has 1 spiro atoms. The molecule has 2 aliphatic heterocycles. The van der Waals surface area contributed by atoms with E-state index in [9.17, 15) is 14.4 Å². The van der Waals surface area contributed by atoms with E-state index in [1.807, 2.05) is 30.3 Å². The van der Waals surface area contributed by atoms with Gasteiger partial charge < -0.3 is 15.0 Å². The average Bonchev–Trinajstić information content (AvgIpc) is 3.14. The molecule has 1 unspecified atom stereocenters. The van der Waals surface area contributed by atoms with Gasteiger partial charge in [0.1, 0.15) is 5.41 Å². The third-order valence-corrected chi connectivity index (χ3v) is 6.68. The molecule has 2 heterocycles. The smallest absolute Gasteiger partial charge is 0.337 e. The van der Waals surface area contributed by atoms with Gasteiger partial charge in [-0.25, -0.2) is 4.79 Å². The highest BCUT2D eigenvalue weighted by atomic mass is 79.9. The zero-order valence-electron chi connectivity index (χ0n) is 17.2. The third kappa shape index (κ3) is 2.35. The number of esters is 1. The Labute approximate surface area is 187 Å². The Balaban J connectivity index is 1.91. The summed E-state index contributed by atoms with van der Waals surface area (Å²) in [4.78, 5) is 42.5. The van der Waals surface area contributed by atoms with Gasteiger partial charge in [0, 0.05) is 45.2 Å². The molecule has 1 N–H and O–H groups in total. The van der Waals surface area contributed by atoms with E-state index in [-0.39, 0.29) is 29.4 Å². The van der Waals surface area contributed by atoms with Crippen molar-refractivity contribution >= 4 is 45.0 Å². The number of halogens is 1. The molecule has 5 rings (SSSR count). The molecule has 0 saturated heterocycles. The molecule has 3 aliphatic rings. The largest absolute Gasteiger partial charge is 0.463 e. The van der Waals surface area contributed by atoms with Crippen LogP contribution in [0.5, 0.6) is 0 Å². The molecule has 0 bridgehead atoms. The van der Waals surface area contributed by atoms with Gasteiger partial charge in [0.05, 0.1) is 17.9 Å². The van der Waals surface area contributed by atoms with E-state index in [4.69, 9.17) is 4.74 Å². The molecule has 2 aromatic rings. The first-order valence-electron chi connectivity index (χ1n) is 9.96. The number of amides is 1.